The van der Waals surface area contributed by atoms with Crippen LogP contribution in [0, 0.1) is 0 Å². The van der Waals surface area contributed by atoms with Gasteiger partial charge in [-0.2, -0.15) is 0 Å². The molecule has 1 heteroatoms. The van der Waals surface area contributed by atoms with Crippen molar-refractivity contribution in [3.63, 3.8) is 0 Å². The van der Waals surface area contributed by atoms with E-state index < -0.39 is 0 Å². The first-order chi connectivity index (χ1) is 9.45. The van der Waals surface area contributed by atoms with Crippen molar-refractivity contribution in [2.75, 3.05) is 0 Å². The zero-order valence-electron chi connectivity index (χ0n) is 13.7. The van der Waals surface area contributed by atoms with Crippen LogP contribution in [0.25, 0.3) is 0 Å². The average Bonchev–Trinajstić information content (AvgIpc) is 2.41. The van der Waals surface area contributed by atoms with E-state index in [4.69, 9.17) is 11.6 Å². The molecule has 0 aliphatic heterocycles. The van der Waals surface area contributed by atoms with E-state index in [9.17, 15) is 0 Å². The van der Waals surface area contributed by atoms with Gasteiger partial charge in [0.1, 0.15) is 0 Å². The van der Waals surface area contributed by atoms with Gasteiger partial charge in [0.25, 0.3) is 0 Å². The van der Waals surface area contributed by atoms with Crippen molar-refractivity contribution in [1.29, 1.82) is 0 Å². The lowest BCUT2D eigenvalue weighted by Crippen LogP contribution is -2.10. The van der Waals surface area contributed by atoms with E-state index in [1.807, 2.05) is 0 Å². The third-order valence-electron chi connectivity index (χ3n) is 3.95. The van der Waals surface area contributed by atoms with Gasteiger partial charge in [0.15, 0.2) is 0 Å². The Morgan fingerprint density at radius 3 is 2.00 bits per heavy atom. The molecule has 114 valence electrons. The molecule has 0 aliphatic carbocycles. The lowest BCUT2D eigenvalue weighted by Gasteiger charge is -2.20. The fourth-order valence-corrected chi connectivity index (χ4v) is 2.76. The molecule has 0 bridgehead atoms. The summed E-state index contributed by atoms with van der Waals surface area (Å²) in [6.45, 7) is 9.00. The molecule has 0 saturated heterocycles. The molecular weight excluding hydrogens is 264 g/mol. The van der Waals surface area contributed by atoms with Crippen LogP contribution in [0.5, 0.6) is 0 Å². The zero-order valence-corrected chi connectivity index (χ0v) is 14.5. The Morgan fingerprint density at radius 1 is 0.900 bits per heavy atom. The number of hydrogen-bond acceptors (Lipinski definition) is 0. The lowest BCUT2D eigenvalue weighted by atomic mass is 9.86. The van der Waals surface area contributed by atoms with E-state index >= 15 is 0 Å². The van der Waals surface area contributed by atoms with Crippen LogP contribution in [0.3, 0.4) is 0 Å². The average molecular weight is 295 g/mol. The van der Waals surface area contributed by atoms with Gasteiger partial charge in [0.05, 0.1) is 5.38 Å². The fraction of sp³-hybridized carbons (Fsp3) is 0.684. The maximum atomic E-state index is 6.51. The summed E-state index contributed by atoms with van der Waals surface area (Å²) < 4.78 is 0. The van der Waals surface area contributed by atoms with Gasteiger partial charge in [-0.15, -0.1) is 11.6 Å². The molecule has 0 aromatic heterocycles. The second-order valence-corrected chi connectivity index (χ2v) is 7.42. The standard InChI is InChI=1S/C19H31Cl/c1-5-6-7-8-9-10-11-18(20)16-12-14-17(15-13-16)19(2,3)4/h12-15,18H,5-11H2,1-4H3. The molecule has 1 aromatic rings. The summed E-state index contributed by atoms with van der Waals surface area (Å²) in [4.78, 5) is 0. The first kappa shape index (κ1) is 17.6. The van der Waals surface area contributed by atoms with Crippen LogP contribution >= 0.6 is 11.6 Å². The molecule has 1 aromatic carbocycles. The Labute approximate surface area is 130 Å². The third kappa shape index (κ3) is 6.31. The summed E-state index contributed by atoms with van der Waals surface area (Å²) in [5.74, 6) is 0. The van der Waals surface area contributed by atoms with E-state index in [1.165, 1.54) is 49.7 Å². The van der Waals surface area contributed by atoms with E-state index in [-0.39, 0.29) is 10.8 Å². The highest BCUT2D eigenvalue weighted by Gasteiger charge is 2.14. The van der Waals surface area contributed by atoms with E-state index in [0.717, 1.165) is 6.42 Å². The molecule has 1 unspecified atom stereocenters. The van der Waals surface area contributed by atoms with Crippen LogP contribution in [-0.2, 0) is 5.41 Å². The minimum atomic E-state index is 0.176. The summed E-state index contributed by atoms with van der Waals surface area (Å²) in [6.07, 6.45) is 9.10. The highest BCUT2D eigenvalue weighted by molar-refractivity contribution is 6.20. The number of hydrogen-bond donors (Lipinski definition) is 0. The Morgan fingerprint density at radius 2 is 1.45 bits per heavy atom. The van der Waals surface area contributed by atoms with Gasteiger partial charge in [0, 0.05) is 0 Å². The number of unbranched alkanes of at least 4 members (excludes halogenated alkanes) is 5. The minimum absolute atomic E-state index is 0.176. The normalized spacial score (nSPS) is 13.4. The maximum absolute atomic E-state index is 6.51. The van der Waals surface area contributed by atoms with Gasteiger partial charge >= 0.3 is 0 Å². The topological polar surface area (TPSA) is 0 Å². The Kier molecular flexibility index (Phi) is 7.66. The smallest absolute Gasteiger partial charge is 0.0585 e. The number of benzene rings is 1. The summed E-state index contributed by atoms with van der Waals surface area (Å²) in [6, 6.07) is 8.86. The molecule has 1 rings (SSSR count). The maximum Gasteiger partial charge on any atom is 0.0585 e. The fourth-order valence-electron chi connectivity index (χ4n) is 2.46. The number of rotatable bonds is 8. The molecule has 0 nitrogen and oxygen atoms in total. The van der Waals surface area contributed by atoms with Gasteiger partial charge in [-0.1, -0.05) is 90.5 Å². The highest BCUT2D eigenvalue weighted by atomic mass is 35.5. The Bertz CT molecular complexity index is 358. The van der Waals surface area contributed by atoms with Crippen molar-refractivity contribution in [1.82, 2.24) is 0 Å². The van der Waals surface area contributed by atoms with Crippen LogP contribution in [0.2, 0.25) is 0 Å². The van der Waals surface area contributed by atoms with Crippen molar-refractivity contribution in [3.8, 4) is 0 Å². The summed E-state index contributed by atoms with van der Waals surface area (Å²) in [5.41, 5.74) is 2.87. The first-order valence-electron chi connectivity index (χ1n) is 8.19. The van der Waals surface area contributed by atoms with E-state index in [2.05, 4.69) is 52.0 Å². The third-order valence-corrected chi connectivity index (χ3v) is 4.42. The molecule has 1 atom stereocenters. The Hall–Kier alpha value is -0.490. The molecule has 0 radical (unpaired) electrons. The quantitative estimate of drug-likeness (QED) is 0.357. The van der Waals surface area contributed by atoms with Crippen molar-refractivity contribution in [2.45, 2.75) is 83.4 Å². The zero-order chi connectivity index (χ0) is 15.0. The van der Waals surface area contributed by atoms with Crippen molar-refractivity contribution < 1.29 is 0 Å². The monoisotopic (exact) mass is 294 g/mol. The summed E-state index contributed by atoms with van der Waals surface area (Å²) >= 11 is 6.51. The largest absolute Gasteiger partial charge is 0.118 e. The molecule has 0 amide bonds. The molecule has 0 N–H and O–H groups in total. The van der Waals surface area contributed by atoms with E-state index in [0.29, 0.717) is 0 Å². The van der Waals surface area contributed by atoms with Crippen LogP contribution in [0.1, 0.15) is 89.1 Å². The second-order valence-electron chi connectivity index (χ2n) is 6.90. The highest BCUT2D eigenvalue weighted by Crippen LogP contribution is 2.29. The molecular formula is C19H31Cl. The van der Waals surface area contributed by atoms with Crippen LogP contribution in [0.15, 0.2) is 24.3 Å². The van der Waals surface area contributed by atoms with Crippen molar-refractivity contribution in [2.24, 2.45) is 0 Å². The van der Waals surface area contributed by atoms with Crippen LogP contribution in [-0.4, -0.2) is 0 Å². The van der Waals surface area contributed by atoms with Crippen molar-refractivity contribution in [3.05, 3.63) is 35.4 Å². The molecule has 0 spiro atoms. The van der Waals surface area contributed by atoms with Gasteiger partial charge in [0.2, 0.25) is 0 Å². The molecule has 20 heavy (non-hydrogen) atoms. The lowest BCUT2D eigenvalue weighted by molar-refractivity contribution is 0.582. The summed E-state index contributed by atoms with van der Waals surface area (Å²) in [7, 11) is 0. The number of alkyl halides is 1. The molecule has 0 saturated carbocycles. The second kappa shape index (κ2) is 8.72. The van der Waals surface area contributed by atoms with Crippen LogP contribution in [0.4, 0.5) is 0 Å². The molecule has 0 aliphatic rings. The van der Waals surface area contributed by atoms with E-state index in [1.54, 1.807) is 0 Å². The van der Waals surface area contributed by atoms with Crippen LogP contribution < -0.4 is 0 Å². The predicted molar refractivity (Wildman–Crippen MR) is 91.7 cm³/mol. The van der Waals surface area contributed by atoms with Gasteiger partial charge in [-0.25, -0.2) is 0 Å². The van der Waals surface area contributed by atoms with Crippen molar-refractivity contribution >= 4 is 11.6 Å². The SMILES string of the molecule is CCCCCCCCC(Cl)c1ccc(C(C)(C)C)cc1. The van der Waals surface area contributed by atoms with Gasteiger partial charge in [-0.05, 0) is 23.0 Å². The Balaban J connectivity index is 2.34. The number of halogens is 1. The molecule has 0 fully saturated rings. The van der Waals surface area contributed by atoms with Gasteiger partial charge < -0.3 is 0 Å². The molecule has 0 heterocycles. The predicted octanol–water partition coefficient (Wildman–Crippen LogP) is 7.01. The first-order valence-corrected chi connectivity index (χ1v) is 8.63. The summed E-state index contributed by atoms with van der Waals surface area (Å²) in [5, 5.41) is 0.176. The van der Waals surface area contributed by atoms with Gasteiger partial charge in [-0.3, -0.25) is 0 Å². The minimum Gasteiger partial charge on any atom is -0.118 e.